The van der Waals surface area contributed by atoms with Crippen LogP contribution in [0.2, 0.25) is 5.02 Å². The van der Waals surface area contributed by atoms with Gasteiger partial charge in [-0.25, -0.2) is 8.78 Å². The van der Waals surface area contributed by atoms with Gasteiger partial charge in [0, 0.05) is 12.6 Å². The predicted octanol–water partition coefficient (Wildman–Crippen LogP) is 4.49. The van der Waals surface area contributed by atoms with Gasteiger partial charge >= 0.3 is 0 Å². The van der Waals surface area contributed by atoms with Gasteiger partial charge in [-0.3, -0.25) is 0 Å². The van der Waals surface area contributed by atoms with Gasteiger partial charge in [-0.15, -0.1) is 10.2 Å². The van der Waals surface area contributed by atoms with Crippen molar-refractivity contribution in [3.8, 4) is 11.4 Å². The molecule has 0 unspecified atom stereocenters. The van der Waals surface area contributed by atoms with Crippen LogP contribution in [0.4, 0.5) is 8.78 Å². The Labute approximate surface area is 142 Å². The van der Waals surface area contributed by atoms with Crippen molar-refractivity contribution in [1.82, 2.24) is 14.8 Å². The maximum atomic E-state index is 13.3. The zero-order chi connectivity index (χ0) is 16.9. The van der Waals surface area contributed by atoms with Crippen LogP contribution in [-0.2, 0) is 12.5 Å². The summed E-state index contributed by atoms with van der Waals surface area (Å²) in [5.41, 5.74) is 1.42. The molecule has 1 saturated carbocycles. The molecule has 4 rings (SSSR count). The van der Waals surface area contributed by atoms with Crippen LogP contribution in [0.25, 0.3) is 11.4 Å². The van der Waals surface area contributed by atoms with Gasteiger partial charge in [0.15, 0.2) is 5.82 Å². The first-order chi connectivity index (χ1) is 11.5. The van der Waals surface area contributed by atoms with Gasteiger partial charge in [-0.05, 0) is 48.7 Å². The summed E-state index contributed by atoms with van der Waals surface area (Å²) < 4.78 is 28.3. The Kier molecular flexibility index (Phi) is 3.42. The molecule has 24 heavy (non-hydrogen) atoms. The second-order valence-corrected chi connectivity index (χ2v) is 6.53. The Hall–Kier alpha value is -2.27. The normalized spacial score (nSPS) is 15.5. The standard InChI is InChI=1S/C18H14ClF2N3/c1-24-16(14-7-6-13(21)10-15(14)19)22-23-17(24)18(8-9-18)11-2-4-12(20)5-3-11/h2-7,10H,8-9H2,1H3. The molecule has 0 bridgehead atoms. The molecule has 1 heterocycles. The van der Waals surface area contributed by atoms with Crippen molar-refractivity contribution in [3.63, 3.8) is 0 Å². The van der Waals surface area contributed by atoms with Crippen LogP contribution < -0.4 is 0 Å². The van der Waals surface area contributed by atoms with Crippen LogP contribution in [0.1, 0.15) is 24.2 Å². The van der Waals surface area contributed by atoms with E-state index in [1.165, 1.54) is 24.3 Å². The van der Waals surface area contributed by atoms with Crippen molar-refractivity contribution in [3.05, 3.63) is 70.5 Å². The lowest BCUT2D eigenvalue weighted by Crippen LogP contribution is -2.15. The minimum Gasteiger partial charge on any atom is -0.313 e. The molecular weight excluding hydrogens is 332 g/mol. The summed E-state index contributed by atoms with van der Waals surface area (Å²) in [5.74, 6) is 0.746. The van der Waals surface area contributed by atoms with Crippen LogP contribution in [0.3, 0.4) is 0 Å². The van der Waals surface area contributed by atoms with E-state index in [0.717, 1.165) is 24.2 Å². The average molecular weight is 346 g/mol. The fourth-order valence-corrected chi connectivity index (χ4v) is 3.44. The van der Waals surface area contributed by atoms with Gasteiger partial charge in [0.05, 0.1) is 10.4 Å². The van der Waals surface area contributed by atoms with E-state index in [1.807, 2.05) is 11.6 Å². The predicted molar refractivity (Wildman–Crippen MR) is 87.8 cm³/mol. The molecule has 2 aromatic carbocycles. The van der Waals surface area contributed by atoms with Gasteiger partial charge in [0.1, 0.15) is 17.5 Å². The van der Waals surface area contributed by atoms with Crippen LogP contribution >= 0.6 is 11.6 Å². The van der Waals surface area contributed by atoms with E-state index in [1.54, 1.807) is 18.2 Å². The van der Waals surface area contributed by atoms with Gasteiger partial charge in [0.2, 0.25) is 0 Å². The molecule has 6 heteroatoms. The number of nitrogens with zero attached hydrogens (tertiary/aromatic N) is 3. The minimum absolute atomic E-state index is 0.236. The lowest BCUT2D eigenvalue weighted by molar-refractivity contribution is 0.623. The van der Waals surface area contributed by atoms with E-state index < -0.39 is 5.82 Å². The third kappa shape index (κ3) is 2.31. The van der Waals surface area contributed by atoms with E-state index in [4.69, 9.17) is 11.6 Å². The first-order valence-corrected chi connectivity index (χ1v) is 8.00. The molecule has 1 aliphatic carbocycles. The van der Waals surface area contributed by atoms with E-state index in [2.05, 4.69) is 10.2 Å². The Morgan fingerprint density at radius 3 is 2.29 bits per heavy atom. The average Bonchev–Trinajstić information content (AvgIpc) is 3.26. The van der Waals surface area contributed by atoms with Crippen LogP contribution in [0, 0.1) is 11.6 Å². The van der Waals surface area contributed by atoms with Gasteiger partial charge in [-0.1, -0.05) is 23.7 Å². The lowest BCUT2D eigenvalue weighted by Gasteiger charge is -2.15. The van der Waals surface area contributed by atoms with Gasteiger partial charge in [-0.2, -0.15) is 0 Å². The first-order valence-electron chi connectivity index (χ1n) is 7.63. The summed E-state index contributed by atoms with van der Waals surface area (Å²) in [6.45, 7) is 0. The summed E-state index contributed by atoms with van der Waals surface area (Å²) in [5, 5.41) is 8.91. The summed E-state index contributed by atoms with van der Waals surface area (Å²) in [6, 6.07) is 10.7. The molecule has 0 amide bonds. The molecule has 0 radical (unpaired) electrons. The molecular formula is C18H14ClF2N3. The van der Waals surface area contributed by atoms with Crippen LogP contribution in [0.15, 0.2) is 42.5 Å². The number of hydrogen-bond acceptors (Lipinski definition) is 2. The Morgan fingerprint density at radius 2 is 1.67 bits per heavy atom. The molecule has 1 aliphatic rings. The summed E-state index contributed by atoms with van der Waals surface area (Å²) in [7, 11) is 1.87. The molecule has 0 saturated heterocycles. The summed E-state index contributed by atoms with van der Waals surface area (Å²) in [4.78, 5) is 0. The van der Waals surface area contributed by atoms with Crippen molar-refractivity contribution in [2.75, 3.05) is 0 Å². The molecule has 0 aliphatic heterocycles. The molecule has 122 valence electrons. The van der Waals surface area contributed by atoms with E-state index >= 15 is 0 Å². The topological polar surface area (TPSA) is 30.7 Å². The zero-order valence-electron chi connectivity index (χ0n) is 12.9. The highest BCUT2D eigenvalue weighted by atomic mass is 35.5. The highest BCUT2D eigenvalue weighted by Gasteiger charge is 2.50. The highest BCUT2D eigenvalue weighted by molar-refractivity contribution is 6.33. The minimum atomic E-state index is -0.392. The molecule has 0 atom stereocenters. The number of benzene rings is 2. The van der Waals surface area contributed by atoms with Crippen LogP contribution in [-0.4, -0.2) is 14.8 Å². The molecule has 1 fully saturated rings. The van der Waals surface area contributed by atoms with Crippen molar-refractivity contribution < 1.29 is 8.78 Å². The molecule has 1 aromatic heterocycles. The van der Waals surface area contributed by atoms with E-state index in [0.29, 0.717) is 16.4 Å². The number of aromatic nitrogens is 3. The first kappa shape index (κ1) is 15.3. The fourth-order valence-electron chi connectivity index (χ4n) is 3.19. The fraction of sp³-hybridized carbons (Fsp3) is 0.222. The second-order valence-electron chi connectivity index (χ2n) is 6.12. The Bertz CT molecular complexity index is 915. The monoisotopic (exact) mass is 345 g/mol. The quantitative estimate of drug-likeness (QED) is 0.700. The van der Waals surface area contributed by atoms with Crippen molar-refractivity contribution in [1.29, 1.82) is 0 Å². The van der Waals surface area contributed by atoms with Crippen molar-refractivity contribution in [2.45, 2.75) is 18.3 Å². The third-order valence-corrected chi connectivity index (χ3v) is 4.93. The second kappa shape index (κ2) is 5.38. The van der Waals surface area contributed by atoms with Gasteiger partial charge < -0.3 is 4.57 Å². The number of rotatable bonds is 3. The molecule has 0 spiro atoms. The molecule has 3 nitrogen and oxygen atoms in total. The Balaban J connectivity index is 1.79. The third-order valence-electron chi connectivity index (χ3n) is 4.62. The smallest absolute Gasteiger partial charge is 0.165 e. The molecule has 0 N–H and O–H groups in total. The summed E-state index contributed by atoms with van der Waals surface area (Å²) in [6.07, 6.45) is 1.86. The van der Waals surface area contributed by atoms with E-state index in [9.17, 15) is 8.78 Å². The van der Waals surface area contributed by atoms with Gasteiger partial charge in [0.25, 0.3) is 0 Å². The zero-order valence-corrected chi connectivity index (χ0v) is 13.7. The maximum Gasteiger partial charge on any atom is 0.165 e. The number of halogens is 3. The van der Waals surface area contributed by atoms with Crippen molar-refractivity contribution in [2.24, 2.45) is 7.05 Å². The van der Waals surface area contributed by atoms with Crippen LogP contribution in [0.5, 0.6) is 0 Å². The largest absolute Gasteiger partial charge is 0.313 e. The summed E-state index contributed by atoms with van der Waals surface area (Å²) >= 11 is 6.15. The lowest BCUT2D eigenvalue weighted by atomic mass is 9.95. The highest BCUT2D eigenvalue weighted by Crippen LogP contribution is 2.53. The SMILES string of the molecule is Cn1c(-c2ccc(F)cc2Cl)nnc1C1(c2ccc(F)cc2)CC1. The number of hydrogen-bond donors (Lipinski definition) is 0. The van der Waals surface area contributed by atoms with Crippen molar-refractivity contribution >= 4 is 11.6 Å². The van der Waals surface area contributed by atoms with E-state index in [-0.39, 0.29) is 11.2 Å². The maximum absolute atomic E-state index is 13.3. The Morgan fingerprint density at radius 1 is 1.00 bits per heavy atom. The molecule has 3 aromatic rings.